The van der Waals surface area contributed by atoms with E-state index in [4.69, 9.17) is 11.6 Å². The Morgan fingerprint density at radius 3 is 2.44 bits per heavy atom. The standard InChI is InChI=1S/C25H17ClN4O4/c26-21-14-17(12-13-23(21)30(33)34)24(31)28-22-11-4-3-10-20(22)25(32)29-27-15-18-8-5-7-16-6-1-2-9-19(16)18/h1-15H,(H,28,31)(H,29,32)/b27-15+. The van der Waals surface area contributed by atoms with Crippen LogP contribution in [0.1, 0.15) is 26.3 Å². The van der Waals surface area contributed by atoms with E-state index >= 15 is 0 Å². The van der Waals surface area contributed by atoms with Crippen LogP contribution in [0.2, 0.25) is 5.02 Å². The highest BCUT2D eigenvalue weighted by Crippen LogP contribution is 2.26. The summed E-state index contributed by atoms with van der Waals surface area (Å²) in [6.07, 6.45) is 1.56. The van der Waals surface area contributed by atoms with E-state index in [1.165, 1.54) is 12.1 Å². The summed E-state index contributed by atoms with van der Waals surface area (Å²) in [5.41, 5.74) is 3.57. The minimum atomic E-state index is -0.636. The summed E-state index contributed by atoms with van der Waals surface area (Å²) in [5.74, 6) is -1.09. The first-order chi connectivity index (χ1) is 16.4. The highest BCUT2D eigenvalue weighted by molar-refractivity contribution is 6.33. The van der Waals surface area contributed by atoms with E-state index in [2.05, 4.69) is 15.8 Å². The number of amides is 2. The lowest BCUT2D eigenvalue weighted by Gasteiger charge is -2.10. The van der Waals surface area contributed by atoms with E-state index in [9.17, 15) is 19.7 Å². The predicted molar refractivity (Wildman–Crippen MR) is 132 cm³/mol. The summed E-state index contributed by atoms with van der Waals surface area (Å²) in [5, 5.41) is 19.5. The van der Waals surface area contributed by atoms with E-state index in [1.807, 2.05) is 42.5 Å². The summed E-state index contributed by atoms with van der Waals surface area (Å²) >= 11 is 5.90. The number of hydrogen-bond acceptors (Lipinski definition) is 5. The lowest BCUT2D eigenvalue weighted by molar-refractivity contribution is -0.384. The van der Waals surface area contributed by atoms with Gasteiger partial charge in [0.15, 0.2) is 0 Å². The number of rotatable bonds is 6. The Balaban J connectivity index is 1.50. The minimum absolute atomic E-state index is 0.111. The van der Waals surface area contributed by atoms with Crippen LogP contribution in [0.3, 0.4) is 0 Å². The third-order valence-electron chi connectivity index (χ3n) is 5.02. The average Bonchev–Trinajstić information content (AvgIpc) is 2.84. The van der Waals surface area contributed by atoms with Gasteiger partial charge in [-0.25, -0.2) is 5.43 Å². The Morgan fingerprint density at radius 1 is 0.912 bits per heavy atom. The number of anilines is 1. The molecule has 0 spiro atoms. The van der Waals surface area contributed by atoms with Gasteiger partial charge in [-0.05, 0) is 35.0 Å². The molecule has 168 valence electrons. The summed E-state index contributed by atoms with van der Waals surface area (Å²) in [6, 6.07) is 23.7. The molecule has 8 nitrogen and oxygen atoms in total. The van der Waals surface area contributed by atoms with Crippen molar-refractivity contribution in [2.45, 2.75) is 0 Å². The second-order valence-electron chi connectivity index (χ2n) is 7.19. The second kappa shape index (κ2) is 9.93. The van der Waals surface area contributed by atoms with Crippen molar-refractivity contribution in [2.75, 3.05) is 5.32 Å². The maximum Gasteiger partial charge on any atom is 0.287 e. The highest BCUT2D eigenvalue weighted by atomic mass is 35.5. The molecule has 4 rings (SSSR count). The summed E-state index contributed by atoms with van der Waals surface area (Å²) in [7, 11) is 0. The number of hydrazone groups is 1. The van der Waals surface area contributed by atoms with Gasteiger partial charge in [-0.1, -0.05) is 66.2 Å². The molecule has 0 saturated heterocycles. The molecule has 34 heavy (non-hydrogen) atoms. The molecule has 0 atom stereocenters. The molecule has 9 heteroatoms. The van der Waals surface area contributed by atoms with Gasteiger partial charge < -0.3 is 5.32 Å². The SMILES string of the molecule is O=C(Nc1ccccc1C(=O)N/N=C/c1cccc2ccccc12)c1ccc([N+](=O)[O-])c(Cl)c1. The zero-order chi connectivity index (χ0) is 24.1. The molecular weight excluding hydrogens is 456 g/mol. The number of nitro groups is 1. The molecule has 0 radical (unpaired) electrons. The quantitative estimate of drug-likeness (QED) is 0.221. The number of hydrogen-bond donors (Lipinski definition) is 2. The number of carbonyl (C=O) groups excluding carboxylic acids is 2. The molecule has 0 aromatic heterocycles. The molecule has 4 aromatic carbocycles. The monoisotopic (exact) mass is 472 g/mol. The third-order valence-corrected chi connectivity index (χ3v) is 5.32. The van der Waals surface area contributed by atoms with Crippen molar-refractivity contribution in [2.24, 2.45) is 5.10 Å². The molecule has 0 bridgehead atoms. The van der Waals surface area contributed by atoms with Crippen LogP contribution in [0.25, 0.3) is 10.8 Å². The lowest BCUT2D eigenvalue weighted by atomic mass is 10.1. The van der Waals surface area contributed by atoms with Crippen molar-refractivity contribution in [3.63, 3.8) is 0 Å². The van der Waals surface area contributed by atoms with Gasteiger partial charge in [0.2, 0.25) is 0 Å². The third kappa shape index (κ3) is 4.92. The normalized spacial score (nSPS) is 10.9. The molecular formula is C25H17ClN4O4. The average molecular weight is 473 g/mol. The zero-order valence-corrected chi connectivity index (χ0v) is 18.3. The van der Waals surface area contributed by atoms with E-state index in [0.717, 1.165) is 22.4 Å². The number of carbonyl (C=O) groups is 2. The van der Waals surface area contributed by atoms with Crippen molar-refractivity contribution in [1.29, 1.82) is 0 Å². The van der Waals surface area contributed by atoms with Crippen LogP contribution in [0.15, 0.2) is 90.0 Å². The minimum Gasteiger partial charge on any atom is -0.321 e. The first kappa shape index (κ1) is 22.6. The second-order valence-corrected chi connectivity index (χ2v) is 7.60. The predicted octanol–water partition coefficient (Wildman–Crippen LogP) is 5.42. The fourth-order valence-electron chi connectivity index (χ4n) is 3.36. The van der Waals surface area contributed by atoms with Gasteiger partial charge in [0.1, 0.15) is 5.02 Å². The maximum absolute atomic E-state index is 12.7. The lowest BCUT2D eigenvalue weighted by Crippen LogP contribution is -2.21. The summed E-state index contributed by atoms with van der Waals surface area (Å²) in [4.78, 5) is 35.7. The number of para-hydroxylation sites is 1. The van der Waals surface area contributed by atoms with Gasteiger partial charge in [0, 0.05) is 17.2 Å². The van der Waals surface area contributed by atoms with Crippen LogP contribution in [-0.2, 0) is 0 Å². The van der Waals surface area contributed by atoms with Crippen LogP contribution in [0.4, 0.5) is 11.4 Å². The Kier molecular flexibility index (Phi) is 6.61. The van der Waals surface area contributed by atoms with Crippen LogP contribution in [0.5, 0.6) is 0 Å². The fourth-order valence-corrected chi connectivity index (χ4v) is 3.61. The van der Waals surface area contributed by atoms with Crippen LogP contribution in [0, 0.1) is 10.1 Å². The highest BCUT2D eigenvalue weighted by Gasteiger charge is 2.17. The maximum atomic E-state index is 12.7. The molecule has 0 aliphatic carbocycles. The van der Waals surface area contributed by atoms with Crippen molar-refractivity contribution in [1.82, 2.24) is 5.43 Å². The molecule has 0 aliphatic rings. The number of halogens is 1. The molecule has 0 heterocycles. The van der Waals surface area contributed by atoms with Crippen LogP contribution in [-0.4, -0.2) is 23.0 Å². The van der Waals surface area contributed by atoms with Gasteiger partial charge in [0.25, 0.3) is 17.5 Å². The van der Waals surface area contributed by atoms with E-state index in [-0.39, 0.29) is 27.5 Å². The number of fused-ring (bicyclic) bond motifs is 1. The van der Waals surface area contributed by atoms with Gasteiger partial charge in [0.05, 0.1) is 22.4 Å². The van der Waals surface area contributed by atoms with E-state index in [0.29, 0.717) is 0 Å². The Hall–Kier alpha value is -4.56. The van der Waals surface area contributed by atoms with E-state index in [1.54, 1.807) is 30.5 Å². The van der Waals surface area contributed by atoms with Crippen LogP contribution >= 0.6 is 11.6 Å². The Bertz CT molecular complexity index is 1450. The number of nitrogens with zero attached hydrogens (tertiary/aromatic N) is 2. The van der Waals surface area contributed by atoms with Crippen molar-refractivity contribution < 1.29 is 14.5 Å². The first-order valence-corrected chi connectivity index (χ1v) is 10.5. The van der Waals surface area contributed by atoms with Crippen LogP contribution < -0.4 is 10.7 Å². The molecule has 4 aromatic rings. The van der Waals surface area contributed by atoms with E-state index < -0.39 is 16.7 Å². The molecule has 2 amide bonds. The molecule has 0 unspecified atom stereocenters. The smallest absolute Gasteiger partial charge is 0.287 e. The Labute approximate surface area is 199 Å². The van der Waals surface area contributed by atoms with Crippen molar-refractivity contribution in [3.05, 3.63) is 117 Å². The molecule has 0 aliphatic heterocycles. The zero-order valence-electron chi connectivity index (χ0n) is 17.6. The largest absolute Gasteiger partial charge is 0.321 e. The summed E-state index contributed by atoms with van der Waals surface area (Å²) < 4.78 is 0. The van der Waals surface area contributed by atoms with Crippen molar-refractivity contribution in [3.8, 4) is 0 Å². The van der Waals surface area contributed by atoms with Gasteiger partial charge in [-0.2, -0.15) is 5.10 Å². The van der Waals surface area contributed by atoms with Crippen molar-refractivity contribution >= 4 is 51.8 Å². The molecule has 0 fully saturated rings. The molecule has 0 saturated carbocycles. The number of nitrogens with one attached hydrogen (secondary N) is 2. The van der Waals surface area contributed by atoms with Gasteiger partial charge >= 0.3 is 0 Å². The first-order valence-electron chi connectivity index (χ1n) is 10.1. The molecule has 2 N–H and O–H groups in total. The van der Waals surface area contributed by atoms with Gasteiger partial charge in [-0.3, -0.25) is 19.7 Å². The number of benzene rings is 4. The fraction of sp³-hybridized carbons (Fsp3) is 0. The topological polar surface area (TPSA) is 114 Å². The summed E-state index contributed by atoms with van der Waals surface area (Å²) in [6.45, 7) is 0. The van der Waals surface area contributed by atoms with Gasteiger partial charge in [-0.15, -0.1) is 0 Å². The Morgan fingerprint density at radius 2 is 1.65 bits per heavy atom. The number of nitro benzene ring substituents is 1.